The SMILES string of the molecule is NC(=O)[C@H](Cc1c[nH]c2ccccc12)NC(=O)[C@H](CC(=O)O)NC(=O)[C@@H](N)CCC(=O)O. The van der Waals surface area contributed by atoms with Gasteiger partial charge in [-0.15, -0.1) is 0 Å². The Morgan fingerprint density at radius 1 is 0.969 bits per heavy atom. The molecule has 1 aromatic carbocycles. The van der Waals surface area contributed by atoms with Gasteiger partial charge in [-0.2, -0.15) is 0 Å². The maximum atomic E-state index is 12.7. The number of hydrogen-bond acceptors (Lipinski definition) is 6. The lowest BCUT2D eigenvalue weighted by Gasteiger charge is -2.22. The molecule has 0 saturated carbocycles. The number of para-hydroxylation sites is 1. The highest BCUT2D eigenvalue weighted by Gasteiger charge is 2.29. The predicted octanol–water partition coefficient (Wildman–Crippen LogP) is -1.17. The molecular formula is C20H25N5O7. The highest BCUT2D eigenvalue weighted by Crippen LogP contribution is 2.19. The van der Waals surface area contributed by atoms with Gasteiger partial charge in [0.05, 0.1) is 12.5 Å². The summed E-state index contributed by atoms with van der Waals surface area (Å²) in [5.41, 5.74) is 12.6. The standard InChI is InChI=1S/C20H25N5O7/c21-12(5-6-16(26)27)19(31)25-15(8-17(28)29)20(32)24-14(18(22)30)7-10-9-23-13-4-2-1-3-11(10)13/h1-4,9,12,14-15,23H,5-8,21H2,(H2,22,30)(H,24,32)(H,25,31)(H,26,27)(H,28,29)/t12-,14-,15-/m0/s1. The number of carboxylic acid groups (broad SMARTS) is 2. The van der Waals surface area contributed by atoms with Gasteiger partial charge in [-0.3, -0.25) is 24.0 Å². The van der Waals surface area contributed by atoms with Crippen LogP contribution in [-0.4, -0.2) is 63.0 Å². The number of rotatable bonds is 12. The van der Waals surface area contributed by atoms with E-state index >= 15 is 0 Å². The Balaban J connectivity index is 2.11. The number of nitrogens with one attached hydrogen (secondary N) is 3. The summed E-state index contributed by atoms with van der Waals surface area (Å²) in [5, 5.41) is 23.2. The van der Waals surface area contributed by atoms with Crippen LogP contribution in [0.15, 0.2) is 30.5 Å². The molecule has 12 heteroatoms. The Morgan fingerprint density at radius 2 is 1.62 bits per heavy atom. The maximum Gasteiger partial charge on any atom is 0.305 e. The molecule has 0 aliphatic carbocycles. The molecule has 0 aliphatic rings. The van der Waals surface area contributed by atoms with Crippen molar-refractivity contribution in [2.45, 2.75) is 43.8 Å². The van der Waals surface area contributed by atoms with E-state index in [9.17, 15) is 24.0 Å². The van der Waals surface area contributed by atoms with Crippen molar-refractivity contribution in [2.24, 2.45) is 11.5 Å². The summed E-state index contributed by atoms with van der Waals surface area (Å²) in [6, 6.07) is 3.33. The molecular weight excluding hydrogens is 422 g/mol. The van der Waals surface area contributed by atoms with E-state index in [1.165, 1.54) is 0 Å². The fourth-order valence-corrected chi connectivity index (χ4v) is 3.09. The second-order valence-corrected chi connectivity index (χ2v) is 7.23. The number of hydrogen-bond donors (Lipinski definition) is 7. The minimum atomic E-state index is -1.54. The molecule has 32 heavy (non-hydrogen) atoms. The zero-order valence-electron chi connectivity index (χ0n) is 17.0. The zero-order valence-corrected chi connectivity index (χ0v) is 17.0. The highest BCUT2D eigenvalue weighted by atomic mass is 16.4. The number of primary amides is 1. The Labute approximate surface area is 182 Å². The molecule has 0 fully saturated rings. The minimum absolute atomic E-state index is 0.0386. The Bertz CT molecular complexity index is 1020. The number of H-pyrrole nitrogens is 1. The molecule has 12 nitrogen and oxygen atoms in total. The first kappa shape index (κ1) is 24.3. The quantitative estimate of drug-likeness (QED) is 0.210. The zero-order chi connectivity index (χ0) is 23.8. The predicted molar refractivity (Wildman–Crippen MR) is 112 cm³/mol. The monoisotopic (exact) mass is 447 g/mol. The average Bonchev–Trinajstić information content (AvgIpc) is 3.13. The Morgan fingerprint density at radius 3 is 2.25 bits per heavy atom. The number of carbonyl (C=O) groups excluding carboxylic acids is 3. The smallest absolute Gasteiger partial charge is 0.305 e. The van der Waals surface area contributed by atoms with Crippen molar-refractivity contribution in [1.29, 1.82) is 0 Å². The van der Waals surface area contributed by atoms with Crippen molar-refractivity contribution < 1.29 is 34.2 Å². The number of benzene rings is 1. The van der Waals surface area contributed by atoms with E-state index in [-0.39, 0.29) is 19.3 Å². The summed E-state index contributed by atoms with van der Waals surface area (Å²) in [6.07, 6.45) is 0.356. The first-order valence-electron chi connectivity index (χ1n) is 9.72. The van der Waals surface area contributed by atoms with Crippen molar-refractivity contribution in [1.82, 2.24) is 15.6 Å². The molecule has 0 spiro atoms. The van der Waals surface area contributed by atoms with Crippen LogP contribution < -0.4 is 22.1 Å². The normalized spacial score (nSPS) is 13.7. The van der Waals surface area contributed by atoms with Crippen LogP contribution in [0.1, 0.15) is 24.8 Å². The van der Waals surface area contributed by atoms with Crippen molar-refractivity contribution in [3.8, 4) is 0 Å². The van der Waals surface area contributed by atoms with Gasteiger partial charge >= 0.3 is 11.9 Å². The maximum absolute atomic E-state index is 12.7. The average molecular weight is 447 g/mol. The van der Waals surface area contributed by atoms with Crippen LogP contribution in [0.25, 0.3) is 10.9 Å². The molecule has 0 unspecified atom stereocenters. The molecule has 2 aromatic rings. The first-order chi connectivity index (χ1) is 15.1. The molecule has 0 aliphatic heterocycles. The van der Waals surface area contributed by atoms with Crippen LogP contribution in [0.2, 0.25) is 0 Å². The third-order valence-corrected chi connectivity index (χ3v) is 4.78. The van der Waals surface area contributed by atoms with E-state index in [0.29, 0.717) is 5.56 Å². The molecule has 3 amide bonds. The van der Waals surface area contributed by atoms with Crippen LogP contribution in [-0.2, 0) is 30.4 Å². The third kappa shape index (κ3) is 6.80. The number of carbonyl (C=O) groups is 5. The van der Waals surface area contributed by atoms with E-state index < -0.39 is 54.2 Å². The van der Waals surface area contributed by atoms with Crippen LogP contribution in [0, 0.1) is 0 Å². The van der Waals surface area contributed by atoms with Gasteiger partial charge < -0.3 is 37.3 Å². The topological polar surface area (TPSA) is 218 Å². The lowest BCUT2D eigenvalue weighted by molar-refractivity contribution is -0.141. The van der Waals surface area contributed by atoms with Gasteiger partial charge in [0.15, 0.2) is 0 Å². The Hall–Kier alpha value is -3.93. The van der Waals surface area contributed by atoms with Crippen LogP contribution in [0.3, 0.4) is 0 Å². The van der Waals surface area contributed by atoms with E-state index in [1.54, 1.807) is 6.20 Å². The summed E-state index contributed by atoms with van der Waals surface area (Å²) < 4.78 is 0. The molecule has 0 bridgehead atoms. The molecule has 1 heterocycles. The van der Waals surface area contributed by atoms with Gasteiger partial charge in [0, 0.05) is 29.9 Å². The highest BCUT2D eigenvalue weighted by molar-refractivity contribution is 5.95. The summed E-state index contributed by atoms with van der Waals surface area (Å²) in [6.45, 7) is 0. The fourth-order valence-electron chi connectivity index (χ4n) is 3.09. The molecule has 0 radical (unpaired) electrons. The molecule has 1 aromatic heterocycles. The minimum Gasteiger partial charge on any atom is -0.481 e. The van der Waals surface area contributed by atoms with Crippen molar-refractivity contribution in [3.63, 3.8) is 0 Å². The number of aromatic nitrogens is 1. The molecule has 0 saturated heterocycles. The number of fused-ring (bicyclic) bond motifs is 1. The lowest BCUT2D eigenvalue weighted by atomic mass is 10.0. The van der Waals surface area contributed by atoms with Gasteiger partial charge in [-0.25, -0.2) is 0 Å². The van der Waals surface area contributed by atoms with Gasteiger partial charge in [0.2, 0.25) is 17.7 Å². The fraction of sp³-hybridized carbons (Fsp3) is 0.350. The van der Waals surface area contributed by atoms with Crippen molar-refractivity contribution >= 4 is 40.6 Å². The number of amides is 3. The number of carboxylic acids is 2. The number of aromatic amines is 1. The van der Waals surface area contributed by atoms with Crippen LogP contribution in [0.4, 0.5) is 0 Å². The van der Waals surface area contributed by atoms with Crippen LogP contribution >= 0.6 is 0 Å². The van der Waals surface area contributed by atoms with Gasteiger partial charge in [-0.05, 0) is 18.1 Å². The second kappa shape index (κ2) is 10.9. The summed E-state index contributed by atoms with van der Waals surface area (Å²) in [4.78, 5) is 61.6. The number of nitrogens with two attached hydrogens (primary N) is 2. The largest absolute Gasteiger partial charge is 0.481 e. The van der Waals surface area contributed by atoms with E-state index in [4.69, 9.17) is 21.7 Å². The molecule has 2 rings (SSSR count). The molecule has 172 valence electrons. The summed E-state index contributed by atoms with van der Waals surface area (Å²) >= 11 is 0. The summed E-state index contributed by atoms with van der Waals surface area (Å²) in [5.74, 6) is -5.21. The van der Waals surface area contributed by atoms with Gasteiger partial charge in [0.25, 0.3) is 0 Å². The van der Waals surface area contributed by atoms with E-state index in [0.717, 1.165) is 10.9 Å². The molecule has 9 N–H and O–H groups in total. The first-order valence-corrected chi connectivity index (χ1v) is 9.72. The number of aliphatic carboxylic acids is 2. The van der Waals surface area contributed by atoms with Gasteiger partial charge in [-0.1, -0.05) is 18.2 Å². The Kier molecular flexibility index (Phi) is 8.30. The van der Waals surface area contributed by atoms with Crippen molar-refractivity contribution in [3.05, 3.63) is 36.0 Å². The van der Waals surface area contributed by atoms with Gasteiger partial charge in [0.1, 0.15) is 12.1 Å². The summed E-state index contributed by atoms with van der Waals surface area (Å²) in [7, 11) is 0. The van der Waals surface area contributed by atoms with E-state index in [1.807, 2.05) is 24.3 Å². The second-order valence-electron chi connectivity index (χ2n) is 7.23. The molecule has 3 atom stereocenters. The van der Waals surface area contributed by atoms with Crippen LogP contribution in [0.5, 0.6) is 0 Å². The van der Waals surface area contributed by atoms with Crippen molar-refractivity contribution in [2.75, 3.05) is 0 Å². The lowest BCUT2D eigenvalue weighted by Crippen LogP contribution is -2.56. The van der Waals surface area contributed by atoms with E-state index in [2.05, 4.69) is 15.6 Å². The third-order valence-electron chi connectivity index (χ3n) is 4.78.